The molecule has 0 aliphatic heterocycles. The Morgan fingerprint density at radius 2 is 2.50 bits per heavy atom. The molecular formula is C7H11N3O2. The van der Waals surface area contributed by atoms with Crippen LogP contribution in [0.15, 0.2) is 12.4 Å². The van der Waals surface area contributed by atoms with Gasteiger partial charge in [0.1, 0.15) is 0 Å². The SMILES string of the molecule is CCOC(=O)CCn1ccnn1. The first kappa shape index (κ1) is 8.70. The van der Waals surface area contributed by atoms with Crippen LogP contribution in [0.3, 0.4) is 0 Å². The largest absolute Gasteiger partial charge is 0.466 e. The standard InChI is InChI=1S/C7H11N3O2/c1-2-12-7(11)3-5-10-6-4-8-9-10/h4,6H,2-3,5H2,1H3. The van der Waals surface area contributed by atoms with Crippen molar-refractivity contribution in [2.24, 2.45) is 0 Å². The monoisotopic (exact) mass is 169 g/mol. The lowest BCUT2D eigenvalue weighted by Crippen LogP contribution is -2.09. The van der Waals surface area contributed by atoms with Crippen LogP contribution in [0.2, 0.25) is 0 Å². The maximum atomic E-state index is 10.9. The van der Waals surface area contributed by atoms with Gasteiger partial charge < -0.3 is 4.74 Å². The summed E-state index contributed by atoms with van der Waals surface area (Å²) < 4.78 is 6.33. The van der Waals surface area contributed by atoms with Crippen LogP contribution in [0.25, 0.3) is 0 Å². The molecule has 5 nitrogen and oxygen atoms in total. The Labute approximate surface area is 70.3 Å². The Hall–Kier alpha value is -1.39. The molecule has 66 valence electrons. The molecule has 1 aromatic heterocycles. The maximum Gasteiger partial charge on any atom is 0.307 e. The van der Waals surface area contributed by atoms with Crippen LogP contribution in [-0.4, -0.2) is 27.6 Å². The van der Waals surface area contributed by atoms with Crippen LogP contribution in [-0.2, 0) is 16.1 Å². The average molecular weight is 169 g/mol. The molecule has 0 radical (unpaired) electrons. The van der Waals surface area contributed by atoms with E-state index in [9.17, 15) is 4.79 Å². The minimum atomic E-state index is -0.201. The van der Waals surface area contributed by atoms with Gasteiger partial charge in [-0.3, -0.25) is 9.48 Å². The van der Waals surface area contributed by atoms with Crippen molar-refractivity contribution in [1.82, 2.24) is 15.0 Å². The van der Waals surface area contributed by atoms with Gasteiger partial charge in [-0.15, -0.1) is 5.10 Å². The van der Waals surface area contributed by atoms with Crippen LogP contribution in [0.4, 0.5) is 0 Å². The van der Waals surface area contributed by atoms with E-state index in [0.29, 0.717) is 19.6 Å². The highest BCUT2D eigenvalue weighted by Crippen LogP contribution is 1.90. The summed E-state index contributed by atoms with van der Waals surface area (Å²) >= 11 is 0. The number of aryl methyl sites for hydroxylation is 1. The number of aromatic nitrogens is 3. The van der Waals surface area contributed by atoms with Crippen molar-refractivity contribution < 1.29 is 9.53 Å². The molecule has 0 spiro atoms. The van der Waals surface area contributed by atoms with E-state index in [1.807, 2.05) is 0 Å². The second kappa shape index (κ2) is 4.48. The van der Waals surface area contributed by atoms with Crippen LogP contribution < -0.4 is 0 Å². The summed E-state index contributed by atoms with van der Waals surface area (Å²) in [4.78, 5) is 10.9. The molecule has 12 heavy (non-hydrogen) atoms. The Morgan fingerprint density at radius 1 is 1.67 bits per heavy atom. The minimum absolute atomic E-state index is 0.201. The quantitative estimate of drug-likeness (QED) is 0.605. The Morgan fingerprint density at radius 3 is 3.08 bits per heavy atom. The fourth-order valence-electron chi connectivity index (χ4n) is 0.791. The zero-order valence-corrected chi connectivity index (χ0v) is 6.93. The average Bonchev–Trinajstić information content (AvgIpc) is 2.53. The third-order valence-corrected chi connectivity index (χ3v) is 1.32. The third kappa shape index (κ3) is 2.69. The van der Waals surface area contributed by atoms with E-state index in [4.69, 9.17) is 4.74 Å². The zero-order valence-electron chi connectivity index (χ0n) is 6.93. The van der Waals surface area contributed by atoms with Gasteiger partial charge in [-0.2, -0.15) is 0 Å². The topological polar surface area (TPSA) is 57.0 Å². The molecule has 0 N–H and O–H groups in total. The summed E-state index contributed by atoms with van der Waals surface area (Å²) in [5.74, 6) is -0.201. The highest BCUT2D eigenvalue weighted by Gasteiger charge is 2.01. The van der Waals surface area contributed by atoms with E-state index in [0.717, 1.165) is 0 Å². The van der Waals surface area contributed by atoms with Crippen molar-refractivity contribution in [2.75, 3.05) is 6.61 Å². The van der Waals surface area contributed by atoms with E-state index in [-0.39, 0.29) is 5.97 Å². The van der Waals surface area contributed by atoms with Gasteiger partial charge in [-0.1, -0.05) is 5.21 Å². The molecule has 0 bridgehead atoms. The Bertz CT molecular complexity index is 233. The molecule has 1 rings (SSSR count). The fraction of sp³-hybridized carbons (Fsp3) is 0.571. The lowest BCUT2D eigenvalue weighted by molar-refractivity contribution is -0.143. The van der Waals surface area contributed by atoms with Crippen LogP contribution >= 0.6 is 0 Å². The van der Waals surface area contributed by atoms with Gasteiger partial charge in [0.25, 0.3) is 0 Å². The smallest absolute Gasteiger partial charge is 0.307 e. The number of carbonyl (C=O) groups excluding carboxylic acids is 1. The van der Waals surface area contributed by atoms with Gasteiger partial charge >= 0.3 is 5.97 Å². The summed E-state index contributed by atoms with van der Waals surface area (Å²) in [7, 11) is 0. The molecular weight excluding hydrogens is 158 g/mol. The first-order valence-electron chi connectivity index (χ1n) is 3.82. The minimum Gasteiger partial charge on any atom is -0.466 e. The lowest BCUT2D eigenvalue weighted by atomic mass is 10.4. The highest BCUT2D eigenvalue weighted by molar-refractivity contribution is 5.69. The summed E-state index contributed by atoms with van der Waals surface area (Å²) in [6.45, 7) is 2.74. The first-order chi connectivity index (χ1) is 5.83. The summed E-state index contributed by atoms with van der Waals surface area (Å²) in [6.07, 6.45) is 3.63. The lowest BCUT2D eigenvalue weighted by Gasteiger charge is -2.00. The summed E-state index contributed by atoms with van der Waals surface area (Å²) in [5.41, 5.74) is 0. The molecule has 0 fully saturated rings. The molecule has 0 unspecified atom stereocenters. The third-order valence-electron chi connectivity index (χ3n) is 1.32. The maximum absolute atomic E-state index is 10.9. The van der Waals surface area contributed by atoms with Gasteiger partial charge in [0.15, 0.2) is 0 Å². The van der Waals surface area contributed by atoms with Gasteiger partial charge in [-0.05, 0) is 6.92 Å². The Balaban J connectivity index is 2.22. The van der Waals surface area contributed by atoms with Crippen molar-refractivity contribution in [3.05, 3.63) is 12.4 Å². The van der Waals surface area contributed by atoms with E-state index in [2.05, 4.69) is 10.3 Å². The molecule has 0 aliphatic carbocycles. The van der Waals surface area contributed by atoms with Crippen LogP contribution in [0, 0.1) is 0 Å². The first-order valence-corrected chi connectivity index (χ1v) is 3.82. The second-order valence-corrected chi connectivity index (χ2v) is 2.22. The van der Waals surface area contributed by atoms with Crippen molar-refractivity contribution in [3.63, 3.8) is 0 Å². The van der Waals surface area contributed by atoms with Crippen molar-refractivity contribution in [1.29, 1.82) is 0 Å². The Kier molecular flexibility index (Phi) is 3.25. The normalized spacial score (nSPS) is 9.75. The number of hydrogen-bond donors (Lipinski definition) is 0. The van der Waals surface area contributed by atoms with E-state index in [1.165, 1.54) is 0 Å². The predicted molar refractivity (Wildman–Crippen MR) is 41.3 cm³/mol. The number of ether oxygens (including phenoxy) is 1. The number of hydrogen-bond acceptors (Lipinski definition) is 4. The van der Waals surface area contributed by atoms with Crippen molar-refractivity contribution >= 4 is 5.97 Å². The van der Waals surface area contributed by atoms with Crippen molar-refractivity contribution in [3.8, 4) is 0 Å². The van der Waals surface area contributed by atoms with Crippen LogP contribution in [0.1, 0.15) is 13.3 Å². The zero-order chi connectivity index (χ0) is 8.81. The van der Waals surface area contributed by atoms with Gasteiger partial charge in [0.2, 0.25) is 0 Å². The molecule has 0 aliphatic rings. The summed E-state index contributed by atoms with van der Waals surface area (Å²) in [6, 6.07) is 0. The molecule has 0 atom stereocenters. The van der Waals surface area contributed by atoms with Gasteiger partial charge in [-0.25, -0.2) is 0 Å². The number of rotatable bonds is 4. The highest BCUT2D eigenvalue weighted by atomic mass is 16.5. The fourth-order valence-corrected chi connectivity index (χ4v) is 0.791. The molecule has 0 saturated carbocycles. The number of nitrogens with zero attached hydrogens (tertiary/aromatic N) is 3. The summed E-state index contributed by atoms with van der Waals surface area (Å²) in [5, 5.41) is 7.31. The van der Waals surface area contributed by atoms with Gasteiger partial charge in [0, 0.05) is 6.20 Å². The molecule has 1 aromatic rings. The van der Waals surface area contributed by atoms with E-state index >= 15 is 0 Å². The molecule has 5 heteroatoms. The van der Waals surface area contributed by atoms with Crippen LogP contribution in [0.5, 0.6) is 0 Å². The van der Waals surface area contributed by atoms with E-state index in [1.54, 1.807) is 24.0 Å². The molecule has 0 amide bonds. The molecule has 1 heterocycles. The predicted octanol–water partition coefficient (Wildman–Crippen LogP) is 0.231. The number of esters is 1. The second-order valence-electron chi connectivity index (χ2n) is 2.22. The number of carbonyl (C=O) groups is 1. The van der Waals surface area contributed by atoms with Crippen molar-refractivity contribution in [2.45, 2.75) is 19.9 Å². The molecule has 0 aromatic carbocycles. The molecule has 0 saturated heterocycles. The van der Waals surface area contributed by atoms with E-state index < -0.39 is 0 Å². The van der Waals surface area contributed by atoms with Gasteiger partial charge in [0.05, 0.1) is 25.8 Å².